The Bertz CT molecular complexity index is 759. The number of aryl methyl sites for hydroxylation is 1. The van der Waals surface area contributed by atoms with Crippen LogP contribution in [0.3, 0.4) is 0 Å². The molecule has 3 unspecified atom stereocenters. The predicted octanol–water partition coefficient (Wildman–Crippen LogP) is 4.60. The minimum atomic E-state index is -0.892. The van der Waals surface area contributed by atoms with Gasteiger partial charge in [-0.15, -0.1) is 0 Å². The molecule has 1 N–H and O–H groups in total. The second-order valence-electron chi connectivity index (χ2n) is 7.57. The Morgan fingerprint density at radius 2 is 1.86 bits per heavy atom. The van der Waals surface area contributed by atoms with Gasteiger partial charge in [0.1, 0.15) is 5.75 Å². The van der Waals surface area contributed by atoms with Gasteiger partial charge in [-0.3, -0.25) is 0 Å². The smallest absolute Gasteiger partial charge is 0.197 e. The average molecular weight is 385 g/mol. The van der Waals surface area contributed by atoms with Crippen LogP contribution in [0, 0.1) is 0 Å². The molecule has 0 aliphatic carbocycles. The zero-order chi connectivity index (χ0) is 20.1. The molecule has 0 aromatic heterocycles. The average Bonchev–Trinajstić information content (AvgIpc) is 2.69. The topological polar surface area (TPSA) is 47.9 Å². The Hall–Kier alpha value is -1.88. The van der Waals surface area contributed by atoms with E-state index in [-0.39, 0.29) is 6.10 Å². The number of hydrogen-bond acceptors (Lipinski definition) is 4. The molecule has 2 aromatic rings. The van der Waals surface area contributed by atoms with Crippen molar-refractivity contribution in [2.75, 3.05) is 13.7 Å². The number of benzene rings is 2. The third kappa shape index (κ3) is 4.57. The molecule has 1 aliphatic rings. The van der Waals surface area contributed by atoms with Crippen molar-refractivity contribution >= 4 is 0 Å². The van der Waals surface area contributed by atoms with Gasteiger partial charge < -0.3 is 19.3 Å². The first-order chi connectivity index (χ1) is 13.5. The van der Waals surface area contributed by atoms with Gasteiger partial charge in [-0.05, 0) is 68.0 Å². The van der Waals surface area contributed by atoms with Crippen molar-refractivity contribution in [3.05, 3.63) is 64.7 Å². The van der Waals surface area contributed by atoms with E-state index in [9.17, 15) is 5.11 Å². The summed E-state index contributed by atoms with van der Waals surface area (Å²) in [4.78, 5) is 0. The molecule has 1 fully saturated rings. The highest BCUT2D eigenvalue weighted by Gasteiger charge is 2.42. The largest absolute Gasteiger partial charge is 0.494 e. The maximum Gasteiger partial charge on any atom is 0.197 e. The van der Waals surface area contributed by atoms with Crippen LogP contribution in [0.1, 0.15) is 55.9 Å². The first-order valence-corrected chi connectivity index (χ1v) is 10.2. The third-order valence-electron chi connectivity index (χ3n) is 5.49. The van der Waals surface area contributed by atoms with Crippen LogP contribution in [-0.2, 0) is 28.1 Å². The number of hydrogen-bond donors (Lipinski definition) is 1. The van der Waals surface area contributed by atoms with Gasteiger partial charge in [-0.1, -0.05) is 31.2 Å². The van der Waals surface area contributed by atoms with Crippen LogP contribution in [0.2, 0.25) is 0 Å². The van der Waals surface area contributed by atoms with E-state index in [1.165, 1.54) is 16.7 Å². The zero-order valence-corrected chi connectivity index (χ0v) is 17.4. The van der Waals surface area contributed by atoms with Crippen molar-refractivity contribution in [1.29, 1.82) is 0 Å². The normalized spacial score (nSPS) is 24.9. The molecule has 0 amide bonds. The third-order valence-corrected chi connectivity index (χ3v) is 5.49. The Morgan fingerprint density at radius 1 is 1.11 bits per heavy atom. The fourth-order valence-corrected chi connectivity index (χ4v) is 4.10. The maximum atomic E-state index is 10.3. The Kier molecular flexibility index (Phi) is 6.76. The van der Waals surface area contributed by atoms with Crippen molar-refractivity contribution in [1.82, 2.24) is 0 Å². The Balaban J connectivity index is 1.91. The second-order valence-corrected chi connectivity index (χ2v) is 7.57. The van der Waals surface area contributed by atoms with E-state index < -0.39 is 11.9 Å². The summed E-state index contributed by atoms with van der Waals surface area (Å²) in [5, 5.41) is 10.3. The number of aliphatic hydroxyl groups is 1. The summed E-state index contributed by atoms with van der Waals surface area (Å²) in [5.41, 5.74) is 4.78. The molecule has 1 aliphatic heterocycles. The highest BCUT2D eigenvalue weighted by atomic mass is 16.7. The van der Waals surface area contributed by atoms with Gasteiger partial charge in [0.25, 0.3) is 0 Å². The minimum Gasteiger partial charge on any atom is -0.494 e. The lowest BCUT2D eigenvalue weighted by molar-refractivity contribution is -0.291. The van der Waals surface area contributed by atoms with Crippen LogP contribution in [0.4, 0.5) is 0 Å². The van der Waals surface area contributed by atoms with E-state index in [1.807, 2.05) is 26.0 Å². The van der Waals surface area contributed by atoms with Crippen LogP contribution in [0.25, 0.3) is 0 Å². The lowest BCUT2D eigenvalue weighted by Gasteiger charge is -2.41. The molecule has 4 nitrogen and oxygen atoms in total. The van der Waals surface area contributed by atoms with Gasteiger partial charge >= 0.3 is 0 Å². The van der Waals surface area contributed by atoms with E-state index in [0.29, 0.717) is 19.4 Å². The molecular formula is C24H32O4. The van der Waals surface area contributed by atoms with Crippen molar-refractivity contribution in [2.24, 2.45) is 0 Å². The van der Waals surface area contributed by atoms with E-state index in [1.54, 1.807) is 7.11 Å². The summed E-state index contributed by atoms with van der Waals surface area (Å²) in [5.74, 6) is 0.00402. The van der Waals surface area contributed by atoms with Crippen LogP contribution < -0.4 is 4.74 Å². The van der Waals surface area contributed by atoms with Gasteiger partial charge in [0.2, 0.25) is 0 Å². The van der Waals surface area contributed by atoms with Gasteiger partial charge in [0.15, 0.2) is 5.79 Å². The second kappa shape index (κ2) is 9.08. The fraction of sp³-hybridized carbons (Fsp3) is 0.500. The lowest BCUT2D eigenvalue weighted by Crippen LogP contribution is -2.44. The van der Waals surface area contributed by atoms with E-state index in [0.717, 1.165) is 24.2 Å². The fourth-order valence-electron chi connectivity index (χ4n) is 4.10. The summed E-state index contributed by atoms with van der Waals surface area (Å²) < 4.78 is 17.6. The first kappa shape index (κ1) is 20.8. The first-order valence-electron chi connectivity index (χ1n) is 10.2. The number of methoxy groups -OCH3 is 1. The molecule has 0 spiro atoms. The predicted molar refractivity (Wildman–Crippen MR) is 111 cm³/mol. The Morgan fingerprint density at radius 3 is 2.46 bits per heavy atom. The molecule has 1 saturated heterocycles. The van der Waals surface area contributed by atoms with Gasteiger partial charge in [0.05, 0.1) is 18.8 Å². The quantitative estimate of drug-likeness (QED) is 0.758. The zero-order valence-electron chi connectivity index (χ0n) is 17.4. The number of ether oxygens (including phenoxy) is 3. The summed E-state index contributed by atoms with van der Waals surface area (Å²) in [6, 6.07) is 14.7. The van der Waals surface area contributed by atoms with E-state index >= 15 is 0 Å². The highest BCUT2D eigenvalue weighted by Crippen LogP contribution is 2.39. The molecule has 0 saturated carbocycles. The standard InChI is InChI=1S/C24H32O4/c1-5-19-9-10-21(24(26-4)16-22(25)13-17(3)28-24)15-20(19)14-18-7-11-23(12-8-18)27-6-2/h7-12,15,17,22,25H,5-6,13-14,16H2,1-4H3. The molecule has 2 aromatic carbocycles. The SMILES string of the molecule is CCOc1ccc(Cc2cc(C3(OC)CC(O)CC(C)O3)ccc2CC)cc1. The summed E-state index contributed by atoms with van der Waals surface area (Å²) >= 11 is 0. The molecule has 0 radical (unpaired) electrons. The maximum absolute atomic E-state index is 10.3. The van der Waals surface area contributed by atoms with Gasteiger partial charge in [-0.25, -0.2) is 0 Å². The van der Waals surface area contributed by atoms with Crippen LogP contribution >= 0.6 is 0 Å². The van der Waals surface area contributed by atoms with E-state index in [2.05, 4.69) is 37.3 Å². The number of aliphatic hydroxyl groups excluding tert-OH is 1. The summed E-state index contributed by atoms with van der Waals surface area (Å²) in [6.07, 6.45) is 2.40. The van der Waals surface area contributed by atoms with Crippen molar-refractivity contribution in [3.8, 4) is 5.75 Å². The summed E-state index contributed by atoms with van der Waals surface area (Å²) in [7, 11) is 1.66. The van der Waals surface area contributed by atoms with Crippen LogP contribution in [0.15, 0.2) is 42.5 Å². The molecule has 152 valence electrons. The molecule has 3 atom stereocenters. The van der Waals surface area contributed by atoms with Crippen LogP contribution in [0.5, 0.6) is 5.75 Å². The molecule has 0 bridgehead atoms. The summed E-state index contributed by atoms with van der Waals surface area (Å²) in [6.45, 7) is 6.82. The molecule has 3 rings (SSSR count). The van der Waals surface area contributed by atoms with Crippen molar-refractivity contribution in [3.63, 3.8) is 0 Å². The number of rotatable bonds is 7. The minimum absolute atomic E-state index is 0.0517. The molecule has 28 heavy (non-hydrogen) atoms. The van der Waals surface area contributed by atoms with E-state index in [4.69, 9.17) is 14.2 Å². The van der Waals surface area contributed by atoms with Gasteiger partial charge in [-0.2, -0.15) is 0 Å². The molecule has 1 heterocycles. The van der Waals surface area contributed by atoms with Crippen LogP contribution in [-0.4, -0.2) is 31.0 Å². The van der Waals surface area contributed by atoms with Crippen molar-refractivity contribution < 1.29 is 19.3 Å². The Labute approximate surface area is 168 Å². The van der Waals surface area contributed by atoms with Gasteiger partial charge in [0, 0.05) is 19.1 Å². The lowest BCUT2D eigenvalue weighted by atomic mass is 9.89. The highest BCUT2D eigenvalue weighted by molar-refractivity contribution is 5.39. The molecular weight excluding hydrogens is 352 g/mol. The monoisotopic (exact) mass is 384 g/mol. The van der Waals surface area contributed by atoms with Crippen molar-refractivity contribution in [2.45, 2.75) is 64.4 Å². The molecule has 4 heteroatoms.